The predicted octanol–water partition coefficient (Wildman–Crippen LogP) is -1.21. The van der Waals surface area contributed by atoms with Crippen molar-refractivity contribution in [2.45, 2.75) is 27.9 Å². The van der Waals surface area contributed by atoms with Gasteiger partial charge in [0.25, 0.3) is 5.91 Å². The summed E-state index contributed by atoms with van der Waals surface area (Å²) >= 11 is 0.921. The first kappa shape index (κ1) is 19.5. The van der Waals surface area contributed by atoms with Gasteiger partial charge in [0.2, 0.25) is 5.78 Å². The summed E-state index contributed by atoms with van der Waals surface area (Å²) in [6.45, 7) is 0. The van der Waals surface area contributed by atoms with Crippen LogP contribution in [0.15, 0.2) is 45.8 Å². The molecule has 1 aromatic carbocycles. The van der Waals surface area contributed by atoms with E-state index in [1.54, 1.807) is 0 Å². The van der Waals surface area contributed by atoms with E-state index in [-0.39, 0.29) is 11.3 Å². The van der Waals surface area contributed by atoms with Gasteiger partial charge in [0.05, 0.1) is 34.5 Å². The van der Waals surface area contributed by atoms with E-state index in [1.165, 1.54) is 18.2 Å². The van der Waals surface area contributed by atoms with Crippen molar-refractivity contribution in [3.63, 3.8) is 0 Å². The molecule has 1 aliphatic heterocycles. The number of nitrogens with two attached hydrogens (primary N) is 2. The van der Waals surface area contributed by atoms with Gasteiger partial charge in [-0.1, -0.05) is 6.07 Å². The predicted molar refractivity (Wildman–Crippen MR) is 98.0 cm³/mol. The number of carbonyl (C=O) groups excluding carboxylic acids is 3. The third kappa shape index (κ3) is 2.26. The zero-order valence-corrected chi connectivity index (χ0v) is 15.4. The van der Waals surface area contributed by atoms with Gasteiger partial charge in [-0.2, -0.15) is 0 Å². The third-order valence-corrected chi connectivity index (χ3v) is 6.93. The van der Waals surface area contributed by atoms with Crippen LogP contribution in [-0.2, 0) is 9.59 Å². The monoisotopic (exact) mass is 420 g/mol. The largest absolute Gasteiger partial charge is 0.510 e. The molecule has 1 heterocycles. The number of carbonyl (C=O) groups is 3. The molecule has 29 heavy (non-hydrogen) atoms. The molecule has 3 aliphatic rings. The number of fused-ring (bicyclic) bond motifs is 3. The summed E-state index contributed by atoms with van der Waals surface area (Å²) in [6.07, 6.45) is -1.68. The lowest BCUT2D eigenvalue weighted by atomic mass is 9.62. The quantitative estimate of drug-likeness (QED) is 0.270. The highest BCUT2D eigenvalue weighted by atomic mass is 32.2. The van der Waals surface area contributed by atoms with Crippen molar-refractivity contribution in [1.29, 1.82) is 0 Å². The van der Waals surface area contributed by atoms with Gasteiger partial charge in [0, 0.05) is 4.90 Å². The van der Waals surface area contributed by atoms with Crippen molar-refractivity contribution in [3.05, 3.63) is 46.4 Å². The van der Waals surface area contributed by atoms with Gasteiger partial charge in [-0.05, 0) is 12.1 Å². The Morgan fingerprint density at radius 2 is 1.83 bits per heavy atom. The van der Waals surface area contributed by atoms with Gasteiger partial charge in [-0.3, -0.25) is 14.4 Å². The Bertz CT molecular complexity index is 1060. The number of amides is 1. The molecule has 10 nitrogen and oxygen atoms in total. The van der Waals surface area contributed by atoms with Crippen LogP contribution in [0, 0.1) is 5.92 Å². The van der Waals surface area contributed by atoms with Crippen molar-refractivity contribution in [1.82, 2.24) is 0 Å². The van der Waals surface area contributed by atoms with E-state index in [0.29, 0.717) is 4.90 Å². The van der Waals surface area contributed by atoms with Crippen LogP contribution in [0.25, 0.3) is 0 Å². The Hall–Kier alpha value is -2.86. The molecule has 9 N–H and O–H groups in total. The second-order valence-electron chi connectivity index (χ2n) is 7.04. The van der Waals surface area contributed by atoms with Crippen LogP contribution >= 0.6 is 11.8 Å². The van der Waals surface area contributed by atoms with Crippen LogP contribution in [0.2, 0.25) is 0 Å². The number of ketones is 2. The second-order valence-corrected chi connectivity index (χ2v) is 8.23. The van der Waals surface area contributed by atoms with E-state index in [1.807, 2.05) is 0 Å². The molecule has 0 saturated heterocycles. The summed E-state index contributed by atoms with van der Waals surface area (Å²) in [5, 5.41) is 51.9. The summed E-state index contributed by atoms with van der Waals surface area (Å²) < 4.78 is 0. The standard InChI is InChI=1S/C18H16N2O8S/c19-10-9-13(24)14-7(11(22)6-4(21)2-1-3-5(6)29-14)15(25)18(9,28)16(26)8(12(10)23)17(20)27/h1-3,9-10,13-14,21,23-25,28H,19H2,(H2,20,27)/t9?,10-,13+,14?,18-/m0/s1. The molecule has 0 fully saturated rings. The summed E-state index contributed by atoms with van der Waals surface area (Å²) in [5.74, 6) is -7.83. The third-order valence-electron chi connectivity index (χ3n) is 5.57. The first-order chi connectivity index (χ1) is 13.5. The summed E-state index contributed by atoms with van der Waals surface area (Å²) in [7, 11) is 0. The molecule has 152 valence electrons. The molecular formula is C18H16N2O8S. The Kier molecular flexibility index (Phi) is 4.07. The number of hydrogen-bond donors (Lipinski definition) is 7. The highest BCUT2D eigenvalue weighted by molar-refractivity contribution is 8.00. The molecule has 0 spiro atoms. The summed E-state index contributed by atoms with van der Waals surface area (Å²) in [6, 6.07) is 2.63. The van der Waals surface area contributed by atoms with Crippen molar-refractivity contribution in [3.8, 4) is 5.75 Å². The SMILES string of the molecule is NC(=O)C1=C(O)[C@@H](N)C2[C@@H](O)C3Sc4cccc(O)c4C(=O)C3=C(O)[C@]2(O)C1=O. The van der Waals surface area contributed by atoms with Gasteiger partial charge in [-0.25, -0.2) is 0 Å². The number of phenols is 1. The van der Waals surface area contributed by atoms with Gasteiger partial charge < -0.3 is 37.0 Å². The Labute approximate surface area is 167 Å². The normalized spacial score (nSPS) is 33.9. The Balaban J connectivity index is 2.00. The maximum atomic E-state index is 13.0. The second kappa shape index (κ2) is 6.07. The average molecular weight is 420 g/mol. The van der Waals surface area contributed by atoms with E-state index < -0.39 is 69.1 Å². The minimum absolute atomic E-state index is 0.161. The molecule has 4 rings (SSSR count). The van der Waals surface area contributed by atoms with E-state index in [2.05, 4.69) is 0 Å². The van der Waals surface area contributed by atoms with Crippen LogP contribution in [0.5, 0.6) is 5.75 Å². The van der Waals surface area contributed by atoms with Gasteiger partial charge in [0.15, 0.2) is 11.4 Å². The molecule has 2 unspecified atom stereocenters. The minimum atomic E-state index is -2.96. The molecule has 0 bridgehead atoms. The number of phenolic OH excluding ortho intramolecular Hbond substituents is 1. The fraction of sp³-hybridized carbons (Fsp3) is 0.278. The smallest absolute Gasteiger partial charge is 0.255 e. The first-order valence-corrected chi connectivity index (χ1v) is 9.32. The topological polar surface area (TPSA) is 204 Å². The maximum absolute atomic E-state index is 13.0. The highest BCUT2D eigenvalue weighted by Gasteiger charge is 2.65. The van der Waals surface area contributed by atoms with Crippen molar-refractivity contribution >= 4 is 29.2 Å². The van der Waals surface area contributed by atoms with E-state index in [9.17, 15) is 39.9 Å². The minimum Gasteiger partial charge on any atom is -0.510 e. The lowest BCUT2D eigenvalue weighted by Gasteiger charge is -2.49. The number of aromatic hydroxyl groups is 1. The van der Waals surface area contributed by atoms with Crippen LogP contribution in [0.4, 0.5) is 0 Å². The van der Waals surface area contributed by atoms with E-state index >= 15 is 0 Å². The fourth-order valence-electron chi connectivity index (χ4n) is 4.20. The average Bonchev–Trinajstić information content (AvgIpc) is 2.64. The molecule has 0 saturated carbocycles. The van der Waals surface area contributed by atoms with E-state index in [0.717, 1.165) is 11.8 Å². The lowest BCUT2D eigenvalue weighted by Crippen LogP contribution is -2.68. The number of hydrogen-bond acceptors (Lipinski definition) is 10. The van der Waals surface area contributed by atoms with Gasteiger partial charge in [-0.15, -0.1) is 11.8 Å². The zero-order valence-electron chi connectivity index (χ0n) is 14.6. The van der Waals surface area contributed by atoms with Crippen molar-refractivity contribution < 1.29 is 39.9 Å². The molecule has 1 amide bonds. The lowest BCUT2D eigenvalue weighted by molar-refractivity contribution is -0.152. The van der Waals surface area contributed by atoms with E-state index in [4.69, 9.17) is 11.5 Å². The molecular weight excluding hydrogens is 404 g/mol. The Morgan fingerprint density at radius 3 is 2.45 bits per heavy atom. The number of rotatable bonds is 1. The van der Waals surface area contributed by atoms with Crippen LogP contribution in [-0.4, -0.2) is 66.0 Å². The van der Waals surface area contributed by atoms with Crippen LogP contribution < -0.4 is 11.5 Å². The molecule has 0 radical (unpaired) electrons. The number of Topliss-reactive ketones (excluding diaryl/α,β-unsaturated/α-hetero) is 2. The maximum Gasteiger partial charge on any atom is 0.255 e. The fourth-order valence-corrected chi connectivity index (χ4v) is 5.59. The number of aliphatic hydroxyl groups is 4. The number of aliphatic hydroxyl groups excluding tert-OH is 3. The zero-order chi connectivity index (χ0) is 21.4. The van der Waals surface area contributed by atoms with Crippen molar-refractivity contribution in [2.75, 3.05) is 0 Å². The molecule has 11 heteroatoms. The molecule has 5 atom stereocenters. The van der Waals surface area contributed by atoms with Gasteiger partial charge >= 0.3 is 0 Å². The molecule has 0 aromatic heterocycles. The molecule has 2 aliphatic carbocycles. The number of benzene rings is 1. The summed E-state index contributed by atoms with van der Waals surface area (Å²) in [4.78, 5) is 37.8. The van der Waals surface area contributed by atoms with Crippen molar-refractivity contribution in [2.24, 2.45) is 17.4 Å². The van der Waals surface area contributed by atoms with Crippen LogP contribution in [0.1, 0.15) is 10.4 Å². The molecule has 1 aromatic rings. The number of thioether (sulfide) groups is 1. The highest BCUT2D eigenvalue weighted by Crippen LogP contribution is 2.53. The first-order valence-electron chi connectivity index (χ1n) is 8.44. The summed E-state index contributed by atoms with van der Waals surface area (Å²) in [5.41, 5.74) is 6.35. The number of primary amides is 1. The van der Waals surface area contributed by atoms with Gasteiger partial charge in [0.1, 0.15) is 22.8 Å². The van der Waals surface area contributed by atoms with Crippen LogP contribution in [0.3, 0.4) is 0 Å². The Morgan fingerprint density at radius 1 is 1.17 bits per heavy atom.